The van der Waals surface area contributed by atoms with Crippen LogP contribution in [-0.2, 0) is 43.0 Å². The molecule has 1 atom stereocenters. The van der Waals surface area contributed by atoms with Gasteiger partial charge in [-0.2, -0.15) is 0 Å². The van der Waals surface area contributed by atoms with E-state index < -0.39 is 74.5 Å². The Balaban J connectivity index is 5.42. The molecule has 1 unspecified atom stereocenters. The summed E-state index contributed by atoms with van der Waals surface area (Å²) in [5.74, 6) is -7.62. The van der Waals surface area contributed by atoms with Crippen LogP contribution in [0.5, 0.6) is 0 Å². The van der Waals surface area contributed by atoms with Gasteiger partial charge in [0.1, 0.15) is 12.6 Å². The van der Waals surface area contributed by atoms with Crippen LogP contribution in [0.25, 0.3) is 0 Å². The molecule has 0 rings (SSSR count). The zero-order valence-corrected chi connectivity index (χ0v) is 22.4. The van der Waals surface area contributed by atoms with Gasteiger partial charge in [0, 0.05) is 32.8 Å². The third-order valence-electron chi connectivity index (χ3n) is 5.14. The highest BCUT2D eigenvalue weighted by atomic mass is 16.6. The van der Waals surface area contributed by atoms with Gasteiger partial charge in [0.15, 0.2) is 0 Å². The number of rotatable bonds is 26. The maximum atomic E-state index is 12.4. The minimum Gasteiger partial charge on any atom is -0.480 e. The summed E-state index contributed by atoms with van der Waals surface area (Å²) in [5, 5.41) is 46.1. The van der Waals surface area contributed by atoms with Crippen molar-refractivity contribution in [3.05, 3.63) is 0 Å². The van der Waals surface area contributed by atoms with E-state index in [4.69, 9.17) is 34.6 Å². The summed E-state index contributed by atoms with van der Waals surface area (Å²) in [6.45, 7) is -0.518. The van der Waals surface area contributed by atoms with Crippen molar-refractivity contribution in [3.8, 4) is 0 Å². The molecule has 230 valence electrons. The maximum Gasteiger partial charge on any atom is 0.321 e. The van der Waals surface area contributed by atoms with E-state index in [0.29, 0.717) is 13.2 Å². The molecule has 0 aliphatic rings. The Morgan fingerprint density at radius 2 is 1.00 bits per heavy atom. The topological polar surface area (TPSA) is 241 Å². The Morgan fingerprint density at radius 1 is 0.600 bits per heavy atom. The number of carboxylic acids is 5. The molecule has 0 spiro atoms. The third kappa shape index (κ3) is 19.7. The Bertz CT molecular complexity index is 753. The molecule has 0 saturated carbocycles. The van der Waals surface area contributed by atoms with Crippen LogP contribution in [-0.4, -0.2) is 167 Å². The monoisotopic (exact) mass is 581 g/mol. The van der Waals surface area contributed by atoms with Crippen molar-refractivity contribution in [2.45, 2.75) is 25.8 Å². The molecule has 0 radical (unpaired) electrons. The standard InChI is InChI=1S/C23H39N3O14/c1-2-7-38-8-9-39-10-11-40-22(35)12-17(23(36)37)26(5-3-24(13-18(27)28)14-19(29)30)6-4-25(15-20(31)32)16-21(33)34/h17H,2-16H2,1H3,(H,27,28)(H,29,30)(H,31,32)(H,33,34)(H,36,37). The predicted octanol–water partition coefficient (Wildman–Crippen LogP) is -1.94. The molecule has 0 saturated heterocycles. The number of carboxylic acid groups (broad SMARTS) is 5. The van der Waals surface area contributed by atoms with Gasteiger partial charge in [0.2, 0.25) is 0 Å². The molecule has 0 heterocycles. The zero-order valence-electron chi connectivity index (χ0n) is 22.4. The van der Waals surface area contributed by atoms with Crippen molar-refractivity contribution in [2.75, 3.05) is 85.4 Å². The lowest BCUT2D eigenvalue weighted by atomic mass is 10.1. The zero-order chi connectivity index (χ0) is 30.5. The molecule has 5 N–H and O–H groups in total. The highest BCUT2D eigenvalue weighted by Gasteiger charge is 2.30. The normalized spacial score (nSPS) is 12.0. The highest BCUT2D eigenvalue weighted by Crippen LogP contribution is 2.09. The number of carbonyl (C=O) groups is 6. The van der Waals surface area contributed by atoms with Crippen LogP contribution in [0.3, 0.4) is 0 Å². The molecule has 0 aromatic heterocycles. The van der Waals surface area contributed by atoms with Crippen molar-refractivity contribution >= 4 is 35.8 Å². The second kappa shape index (κ2) is 21.4. The molecule has 0 amide bonds. The molecule has 17 nitrogen and oxygen atoms in total. The van der Waals surface area contributed by atoms with E-state index in [2.05, 4.69) is 0 Å². The average molecular weight is 582 g/mol. The number of ether oxygens (including phenoxy) is 3. The molecule has 0 aromatic rings. The van der Waals surface area contributed by atoms with Gasteiger partial charge in [-0.3, -0.25) is 43.5 Å². The summed E-state index contributed by atoms with van der Waals surface area (Å²) < 4.78 is 15.5. The van der Waals surface area contributed by atoms with E-state index in [1.165, 1.54) is 4.90 Å². The van der Waals surface area contributed by atoms with Gasteiger partial charge in [-0.15, -0.1) is 0 Å². The summed E-state index contributed by atoms with van der Waals surface area (Å²) >= 11 is 0. The first-order valence-electron chi connectivity index (χ1n) is 12.5. The third-order valence-corrected chi connectivity index (χ3v) is 5.14. The van der Waals surface area contributed by atoms with Crippen LogP contribution in [0.15, 0.2) is 0 Å². The highest BCUT2D eigenvalue weighted by molar-refractivity contribution is 5.81. The molecular formula is C23H39N3O14. The summed E-state index contributed by atoms with van der Waals surface area (Å²) in [6, 6.07) is -1.52. The molecular weight excluding hydrogens is 542 g/mol. The minimum atomic E-state index is -1.52. The number of carbonyl (C=O) groups excluding carboxylic acids is 1. The van der Waals surface area contributed by atoms with Gasteiger partial charge in [0.05, 0.1) is 52.4 Å². The van der Waals surface area contributed by atoms with Gasteiger partial charge in [-0.1, -0.05) is 6.92 Å². The number of aliphatic carboxylic acids is 5. The Labute approximate surface area is 230 Å². The molecule has 0 aromatic carbocycles. The van der Waals surface area contributed by atoms with Gasteiger partial charge in [-0.25, -0.2) is 0 Å². The van der Waals surface area contributed by atoms with Gasteiger partial charge in [-0.05, 0) is 6.42 Å². The fourth-order valence-electron chi connectivity index (χ4n) is 3.43. The van der Waals surface area contributed by atoms with Crippen molar-refractivity contribution in [1.29, 1.82) is 0 Å². The first-order valence-corrected chi connectivity index (χ1v) is 12.5. The summed E-state index contributed by atoms with van der Waals surface area (Å²) in [4.78, 5) is 72.2. The van der Waals surface area contributed by atoms with Crippen molar-refractivity contribution < 1.29 is 68.5 Å². The fraction of sp³-hybridized carbons (Fsp3) is 0.739. The second-order valence-electron chi connectivity index (χ2n) is 8.54. The minimum absolute atomic E-state index is 0.0430. The fourth-order valence-corrected chi connectivity index (χ4v) is 3.43. The smallest absolute Gasteiger partial charge is 0.321 e. The number of nitrogens with zero attached hydrogens (tertiary/aromatic N) is 3. The van der Waals surface area contributed by atoms with Crippen LogP contribution in [0.1, 0.15) is 19.8 Å². The molecule has 0 aliphatic heterocycles. The van der Waals surface area contributed by atoms with Crippen LogP contribution >= 0.6 is 0 Å². The van der Waals surface area contributed by atoms with E-state index in [0.717, 1.165) is 16.2 Å². The predicted molar refractivity (Wildman–Crippen MR) is 134 cm³/mol. The summed E-state index contributed by atoms with van der Waals surface area (Å²) in [6.07, 6.45) is 0.207. The lowest BCUT2D eigenvalue weighted by Gasteiger charge is -2.32. The van der Waals surface area contributed by atoms with Crippen molar-refractivity contribution in [2.24, 2.45) is 0 Å². The molecule has 0 fully saturated rings. The molecule has 0 bridgehead atoms. The van der Waals surface area contributed by atoms with Crippen LogP contribution in [0, 0.1) is 0 Å². The molecule has 0 aliphatic carbocycles. The van der Waals surface area contributed by atoms with E-state index in [-0.39, 0.29) is 46.0 Å². The average Bonchev–Trinajstić information content (AvgIpc) is 2.82. The van der Waals surface area contributed by atoms with Gasteiger partial charge < -0.3 is 39.7 Å². The van der Waals surface area contributed by atoms with E-state index in [1.807, 2.05) is 6.92 Å². The van der Waals surface area contributed by atoms with Crippen LogP contribution in [0.4, 0.5) is 0 Å². The Morgan fingerprint density at radius 3 is 1.38 bits per heavy atom. The van der Waals surface area contributed by atoms with Gasteiger partial charge in [0.25, 0.3) is 0 Å². The first kappa shape index (κ1) is 36.6. The SMILES string of the molecule is CCCOCCOCCOC(=O)CC(C(=O)O)N(CCN(CC(=O)O)CC(=O)O)CCN(CC(=O)O)CC(=O)O. The quantitative estimate of drug-likeness (QED) is 0.0551. The Kier molecular flexibility index (Phi) is 19.6. The number of hydrogen-bond donors (Lipinski definition) is 5. The van der Waals surface area contributed by atoms with Gasteiger partial charge >= 0.3 is 35.8 Å². The summed E-state index contributed by atoms with van der Waals surface area (Å²) in [7, 11) is 0. The van der Waals surface area contributed by atoms with E-state index in [9.17, 15) is 33.9 Å². The first-order chi connectivity index (χ1) is 18.8. The molecule has 17 heteroatoms. The van der Waals surface area contributed by atoms with Crippen molar-refractivity contribution in [1.82, 2.24) is 14.7 Å². The Hall–Kier alpha value is -3.38. The van der Waals surface area contributed by atoms with Crippen LogP contribution in [0.2, 0.25) is 0 Å². The molecule has 40 heavy (non-hydrogen) atoms. The van der Waals surface area contributed by atoms with E-state index in [1.54, 1.807) is 0 Å². The lowest BCUT2D eigenvalue weighted by Crippen LogP contribution is -2.50. The van der Waals surface area contributed by atoms with Crippen molar-refractivity contribution in [3.63, 3.8) is 0 Å². The number of esters is 1. The largest absolute Gasteiger partial charge is 0.480 e. The number of hydrogen-bond acceptors (Lipinski definition) is 12. The summed E-state index contributed by atoms with van der Waals surface area (Å²) in [5.41, 5.74) is 0. The lowest BCUT2D eigenvalue weighted by molar-refractivity contribution is -0.154. The maximum absolute atomic E-state index is 12.4. The second-order valence-corrected chi connectivity index (χ2v) is 8.54. The van der Waals surface area contributed by atoms with Crippen LogP contribution < -0.4 is 0 Å². The van der Waals surface area contributed by atoms with E-state index >= 15 is 0 Å².